The average Bonchev–Trinajstić information content (AvgIpc) is 3.02. The highest BCUT2D eigenvalue weighted by Crippen LogP contribution is 2.35. The molecule has 0 radical (unpaired) electrons. The van der Waals surface area contributed by atoms with Crippen molar-refractivity contribution < 1.29 is 19.2 Å². The number of hydrogen-bond acceptors (Lipinski definition) is 4. The van der Waals surface area contributed by atoms with Crippen LogP contribution in [0, 0.1) is 11.8 Å². The molecule has 3 rings (SSSR count). The van der Waals surface area contributed by atoms with Crippen molar-refractivity contribution in [1.29, 1.82) is 0 Å². The van der Waals surface area contributed by atoms with E-state index in [4.69, 9.17) is 23.2 Å². The van der Waals surface area contributed by atoms with Crippen LogP contribution >= 0.6 is 23.2 Å². The van der Waals surface area contributed by atoms with Gasteiger partial charge in [0, 0.05) is 35.1 Å². The van der Waals surface area contributed by atoms with Crippen molar-refractivity contribution in [3.05, 3.63) is 46.0 Å². The number of nitrogens with one attached hydrogen (secondary N) is 1. The van der Waals surface area contributed by atoms with Crippen LogP contribution in [0.1, 0.15) is 58.9 Å². The second-order valence-corrected chi connectivity index (χ2v) is 11.0. The number of fused-ring (bicyclic) bond motifs is 1. The summed E-state index contributed by atoms with van der Waals surface area (Å²) in [5, 5.41) is 3.81. The molecule has 1 saturated heterocycles. The van der Waals surface area contributed by atoms with Gasteiger partial charge in [-0.15, -0.1) is 0 Å². The van der Waals surface area contributed by atoms with Gasteiger partial charge in [0.25, 0.3) is 0 Å². The number of nitrogens with zero attached hydrogens (tertiary/aromatic N) is 2. The highest BCUT2D eigenvalue weighted by molar-refractivity contribution is 6.35. The van der Waals surface area contributed by atoms with Crippen molar-refractivity contribution in [1.82, 2.24) is 15.1 Å². The van der Waals surface area contributed by atoms with E-state index in [1.54, 1.807) is 18.2 Å². The molecule has 1 aromatic carbocycles. The van der Waals surface area contributed by atoms with Crippen molar-refractivity contribution in [3.63, 3.8) is 0 Å². The second-order valence-electron chi connectivity index (χ2n) is 10.2. The van der Waals surface area contributed by atoms with Gasteiger partial charge in [0.15, 0.2) is 0 Å². The lowest BCUT2D eigenvalue weighted by molar-refractivity contribution is -0.144. The minimum atomic E-state index is -0.745. The minimum Gasteiger partial charge on any atom is -0.350 e. The number of carbonyl (C=O) groups excluding carboxylic acids is 4. The summed E-state index contributed by atoms with van der Waals surface area (Å²) in [7, 11) is 0. The Morgan fingerprint density at radius 3 is 2.23 bits per heavy atom. The molecule has 0 bridgehead atoms. The number of carbonyl (C=O) groups is 4. The standard InChI is InChI=1S/C26H33Cl2N3O4/c1-5-21(23(33)29-26(2,3)4)31(15-16-10-11-17(27)14-20(16)28)22(32)12-13-30-24(34)18-8-6-7-9-19(18)25(30)35/h6-7,10-11,14,18-19,21H,5,8-9,12-13,15H2,1-4H3,(H,29,33)/t18-,19+,21-/m0/s1. The van der Waals surface area contributed by atoms with Crippen LogP contribution in [0.2, 0.25) is 10.0 Å². The zero-order valence-electron chi connectivity index (χ0n) is 20.6. The second kappa shape index (κ2) is 11.1. The van der Waals surface area contributed by atoms with Gasteiger partial charge in [0.05, 0.1) is 11.8 Å². The summed E-state index contributed by atoms with van der Waals surface area (Å²) in [4.78, 5) is 54.9. The summed E-state index contributed by atoms with van der Waals surface area (Å²) in [5.41, 5.74) is 0.174. The zero-order valence-corrected chi connectivity index (χ0v) is 22.2. The van der Waals surface area contributed by atoms with Crippen molar-refractivity contribution >= 4 is 46.8 Å². The molecule has 4 amide bonds. The summed E-state index contributed by atoms with van der Waals surface area (Å²) < 4.78 is 0. The van der Waals surface area contributed by atoms with E-state index in [-0.39, 0.29) is 55.0 Å². The lowest BCUT2D eigenvalue weighted by Gasteiger charge is -2.33. The SMILES string of the molecule is CC[C@@H](C(=O)NC(C)(C)C)N(Cc1ccc(Cl)cc1Cl)C(=O)CCN1C(=O)[C@H]2CC=CC[C@H]2C1=O. The van der Waals surface area contributed by atoms with E-state index in [0.29, 0.717) is 34.9 Å². The molecule has 1 aromatic rings. The number of rotatable bonds is 8. The fourth-order valence-corrected chi connectivity index (χ4v) is 5.11. The van der Waals surface area contributed by atoms with E-state index in [9.17, 15) is 19.2 Å². The quantitative estimate of drug-likeness (QED) is 0.406. The predicted molar refractivity (Wildman–Crippen MR) is 136 cm³/mol. The maximum absolute atomic E-state index is 13.5. The normalized spacial score (nSPS) is 20.6. The van der Waals surface area contributed by atoms with Gasteiger partial charge in [-0.2, -0.15) is 0 Å². The summed E-state index contributed by atoms with van der Waals surface area (Å²) in [6.45, 7) is 7.55. The molecule has 190 valence electrons. The Hall–Kier alpha value is -2.38. The Labute approximate surface area is 216 Å². The first-order valence-electron chi connectivity index (χ1n) is 12.0. The highest BCUT2D eigenvalue weighted by Gasteiger charge is 2.47. The Kier molecular flexibility index (Phi) is 8.65. The molecule has 1 aliphatic carbocycles. The van der Waals surface area contributed by atoms with E-state index >= 15 is 0 Å². The predicted octanol–water partition coefficient (Wildman–Crippen LogP) is 4.36. The van der Waals surface area contributed by atoms with Crippen LogP contribution in [0.15, 0.2) is 30.4 Å². The fourth-order valence-electron chi connectivity index (χ4n) is 4.65. The Bertz CT molecular complexity index is 1010. The van der Waals surface area contributed by atoms with Crippen molar-refractivity contribution in [3.8, 4) is 0 Å². The van der Waals surface area contributed by atoms with E-state index in [1.807, 2.05) is 39.8 Å². The number of likely N-dealkylation sites (tertiary alicyclic amines) is 1. The lowest BCUT2D eigenvalue weighted by atomic mass is 9.85. The Morgan fingerprint density at radius 2 is 1.71 bits per heavy atom. The van der Waals surface area contributed by atoms with Crippen LogP contribution < -0.4 is 5.32 Å². The molecule has 1 N–H and O–H groups in total. The van der Waals surface area contributed by atoms with Gasteiger partial charge >= 0.3 is 0 Å². The van der Waals surface area contributed by atoms with Crippen LogP contribution in [-0.4, -0.2) is 51.6 Å². The Morgan fingerprint density at radius 1 is 1.11 bits per heavy atom. The number of amides is 4. The molecule has 1 aliphatic heterocycles. The van der Waals surface area contributed by atoms with Gasteiger partial charge in [-0.25, -0.2) is 0 Å². The van der Waals surface area contributed by atoms with Gasteiger partial charge in [-0.05, 0) is 57.7 Å². The molecule has 1 fully saturated rings. The molecule has 0 unspecified atom stereocenters. The first-order chi connectivity index (χ1) is 16.4. The lowest BCUT2D eigenvalue weighted by Crippen LogP contribution is -2.53. The summed E-state index contributed by atoms with van der Waals surface area (Å²) >= 11 is 12.4. The van der Waals surface area contributed by atoms with E-state index < -0.39 is 11.6 Å². The van der Waals surface area contributed by atoms with Gasteiger partial charge in [0.1, 0.15) is 6.04 Å². The molecule has 0 aromatic heterocycles. The summed E-state index contributed by atoms with van der Waals surface area (Å²) in [6, 6.07) is 4.25. The number of benzene rings is 1. The summed E-state index contributed by atoms with van der Waals surface area (Å²) in [5.74, 6) is -1.73. The molecule has 35 heavy (non-hydrogen) atoms. The van der Waals surface area contributed by atoms with E-state index in [0.717, 1.165) is 0 Å². The Balaban J connectivity index is 1.80. The maximum Gasteiger partial charge on any atom is 0.243 e. The van der Waals surface area contributed by atoms with Crippen LogP contribution in [0.4, 0.5) is 0 Å². The first-order valence-corrected chi connectivity index (χ1v) is 12.7. The van der Waals surface area contributed by atoms with Crippen LogP contribution in [0.25, 0.3) is 0 Å². The topological polar surface area (TPSA) is 86.8 Å². The number of imide groups is 1. The van der Waals surface area contributed by atoms with Crippen LogP contribution in [0.3, 0.4) is 0 Å². The van der Waals surface area contributed by atoms with Gasteiger partial charge in [-0.3, -0.25) is 24.1 Å². The third kappa shape index (κ3) is 6.44. The molecule has 1 heterocycles. The first kappa shape index (κ1) is 27.2. The molecule has 0 spiro atoms. The highest BCUT2D eigenvalue weighted by atomic mass is 35.5. The van der Waals surface area contributed by atoms with E-state index in [1.165, 1.54) is 9.80 Å². The van der Waals surface area contributed by atoms with Gasteiger partial charge < -0.3 is 10.2 Å². The monoisotopic (exact) mass is 521 g/mol. The molecular weight excluding hydrogens is 489 g/mol. The molecule has 2 aliphatic rings. The zero-order chi connectivity index (χ0) is 25.9. The summed E-state index contributed by atoms with van der Waals surface area (Å²) in [6.07, 6.45) is 5.26. The molecule has 3 atom stereocenters. The smallest absolute Gasteiger partial charge is 0.243 e. The van der Waals surface area contributed by atoms with E-state index in [2.05, 4.69) is 5.32 Å². The number of hydrogen-bond donors (Lipinski definition) is 1. The third-order valence-electron chi connectivity index (χ3n) is 6.39. The molecule has 9 heteroatoms. The minimum absolute atomic E-state index is 0.00826. The fraction of sp³-hybridized carbons (Fsp3) is 0.538. The average molecular weight is 522 g/mol. The molecular formula is C26H33Cl2N3O4. The number of halogens is 2. The maximum atomic E-state index is 13.5. The number of allylic oxidation sites excluding steroid dienone is 2. The van der Waals surface area contributed by atoms with Crippen LogP contribution in [-0.2, 0) is 25.7 Å². The van der Waals surface area contributed by atoms with Crippen molar-refractivity contribution in [2.24, 2.45) is 11.8 Å². The third-order valence-corrected chi connectivity index (χ3v) is 6.97. The van der Waals surface area contributed by atoms with Gasteiger partial charge in [-0.1, -0.05) is 48.3 Å². The molecule has 7 nitrogen and oxygen atoms in total. The van der Waals surface area contributed by atoms with Crippen LogP contribution in [0.5, 0.6) is 0 Å². The molecule has 0 saturated carbocycles. The van der Waals surface area contributed by atoms with Crippen molar-refractivity contribution in [2.45, 2.75) is 71.5 Å². The van der Waals surface area contributed by atoms with Gasteiger partial charge in [0.2, 0.25) is 23.6 Å². The largest absolute Gasteiger partial charge is 0.350 e. The van der Waals surface area contributed by atoms with Crippen molar-refractivity contribution in [2.75, 3.05) is 6.54 Å².